The number of hydrogen-bond acceptors (Lipinski definition) is 5. The number of hydrogen-bond donors (Lipinski definition) is 3. The Balaban J connectivity index is 1.59. The zero-order valence-electron chi connectivity index (χ0n) is 19.5. The lowest BCUT2D eigenvalue weighted by atomic mass is 9.84. The highest BCUT2D eigenvalue weighted by atomic mass is 16.5. The number of nitrogens with one attached hydrogen (secondary N) is 3. The van der Waals surface area contributed by atoms with E-state index in [1.807, 2.05) is 30.3 Å². The van der Waals surface area contributed by atoms with E-state index in [0.29, 0.717) is 31.9 Å². The molecule has 2 aliphatic rings. The molecule has 1 aromatic carbocycles. The van der Waals surface area contributed by atoms with Gasteiger partial charge in [0, 0.05) is 19.6 Å². The first-order chi connectivity index (χ1) is 16.0. The molecule has 0 bridgehead atoms. The Morgan fingerprint density at radius 3 is 2.48 bits per heavy atom. The van der Waals surface area contributed by atoms with Crippen LogP contribution in [0.15, 0.2) is 30.3 Å². The lowest BCUT2D eigenvalue weighted by Crippen LogP contribution is -2.52. The van der Waals surface area contributed by atoms with Crippen LogP contribution in [0.4, 0.5) is 4.79 Å². The molecule has 1 saturated carbocycles. The van der Waals surface area contributed by atoms with Crippen LogP contribution in [0.5, 0.6) is 0 Å². The van der Waals surface area contributed by atoms with Crippen molar-refractivity contribution in [3.05, 3.63) is 35.9 Å². The van der Waals surface area contributed by atoms with Crippen LogP contribution in [-0.4, -0.2) is 50.3 Å². The molecule has 33 heavy (non-hydrogen) atoms. The zero-order chi connectivity index (χ0) is 23.5. The minimum atomic E-state index is -0.687. The molecule has 8 nitrogen and oxygen atoms in total. The minimum Gasteiger partial charge on any atom is -0.445 e. The molecule has 0 radical (unpaired) electrons. The highest BCUT2D eigenvalue weighted by molar-refractivity contribution is 5.86. The van der Waals surface area contributed by atoms with E-state index in [-0.39, 0.29) is 30.4 Å². The lowest BCUT2D eigenvalue weighted by molar-refractivity contribution is -0.126. The predicted molar refractivity (Wildman–Crippen MR) is 124 cm³/mol. The molecule has 0 spiro atoms. The summed E-state index contributed by atoms with van der Waals surface area (Å²) in [4.78, 5) is 37.7. The van der Waals surface area contributed by atoms with Gasteiger partial charge in [0.2, 0.25) is 11.8 Å². The van der Waals surface area contributed by atoms with Gasteiger partial charge in [-0.3, -0.25) is 9.59 Å². The monoisotopic (exact) mass is 459 g/mol. The molecular weight excluding hydrogens is 422 g/mol. The third-order valence-electron chi connectivity index (χ3n) is 6.56. The number of alkyl carbamates (subject to hydrolysis) is 1. The molecule has 1 aliphatic carbocycles. The van der Waals surface area contributed by atoms with E-state index in [1.165, 1.54) is 6.42 Å². The van der Waals surface area contributed by atoms with E-state index in [2.05, 4.69) is 16.0 Å². The molecule has 182 valence electrons. The van der Waals surface area contributed by atoms with Crippen molar-refractivity contribution in [2.75, 3.05) is 20.3 Å². The van der Waals surface area contributed by atoms with Gasteiger partial charge >= 0.3 is 6.09 Å². The normalized spacial score (nSPS) is 20.5. The van der Waals surface area contributed by atoms with E-state index in [0.717, 1.165) is 37.7 Å². The van der Waals surface area contributed by atoms with Crippen LogP contribution in [0.1, 0.15) is 56.9 Å². The molecule has 1 saturated heterocycles. The fourth-order valence-corrected chi connectivity index (χ4v) is 4.78. The van der Waals surface area contributed by atoms with E-state index in [4.69, 9.17) is 9.47 Å². The summed E-state index contributed by atoms with van der Waals surface area (Å²) >= 11 is 0. The summed E-state index contributed by atoms with van der Waals surface area (Å²) in [5, 5.41) is 8.65. The van der Waals surface area contributed by atoms with Gasteiger partial charge in [-0.05, 0) is 30.7 Å². The topological polar surface area (TPSA) is 106 Å². The van der Waals surface area contributed by atoms with Gasteiger partial charge in [0.1, 0.15) is 12.6 Å². The maximum absolute atomic E-state index is 13.2. The smallest absolute Gasteiger partial charge is 0.408 e. The van der Waals surface area contributed by atoms with Crippen LogP contribution >= 0.6 is 0 Å². The summed E-state index contributed by atoms with van der Waals surface area (Å²) < 4.78 is 10.7. The van der Waals surface area contributed by atoms with Crippen LogP contribution in [-0.2, 0) is 25.7 Å². The molecule has 2 fully saturated rings. The molecule has 0 unspecified atom stereocenters. The Kier molecular flexibility index (Phi) is 10.00. The second-order valence-corrected chi connectivity index (χ2v) is 9.17. The molecule has 8 heteroatoms. The Bertz CT molecular complexity index is 767. The lowest BCUT2D eigenvalue weighted by Gasteiger charge is -2.28. The molecular formula is C25H37N3O5. The Hall–Kier alpha value is -2.61. The number of ether oxygens (including phenoxy) is 2. The first-order valence-corrected chi connectivity index (χ1v) is 12.1. The van der Waals surface area contributed by atoms with Crippen molar-refractivity contribution >= 4 is 17.9 Å². The maximum atomic E-state index is 13.2. The van der Waals surface area contributed by atoms with Gasteiger partial charge in [0.05, 0.1) is 12.6 Å². The summed E-state index contributed by atoms with van der Waals surface area (Å²) in [6, 6.07) is 8.45. The molecule has 3 N–H and O–H groups in total. The summed E-state index contributed by atoms with van der Waals surface area (Å²) in [5.74, 6) is 0.0286. The van der Waals surface area contributed by atoms with Crippen molar-refractivity contribution in [1.82, 2.24) is 16.0 Å². The zero-order valence-corrected chi connectivity index (χ0v) is 19.5. The standard InChI is InChI=1S/C25H37N3O5/c1-32-17-21(15-20-12-13-26-23(20)29)27-24(30)22(14-18-8-4-2-5-9-18)28-25(31)33-16-19-10-6-3-7-11-19/h3,6-7,10-11,18,20-22H,2,4-5,8-9,12-17H2,1H3,(H,26,29)(H,27,30)(H,28,31)/t20-,21-,22-/m0/s1. The average Bonchev–Trinajstić information content (AvgIpc) is 3.23. The van der Waals surface area contributed by atoms with Gasteiger partial charge in [-0.25, -0.2) is 4.79 Å². The number of amides is 3. The van der Waals surface area contributed by atoms with Crippen molar-refractivity contribution in [3.63, 3.8) is 0 Å². The fraction of sp³-hybridized carbons (Fsp3) is 0.640. The van der Waals surface area contributed by atoms with Gasteiger partial charge in [0.15, 0.2) is 0 Å². The number of rotatable bonds is 11. The molecule has 3 rings (SSSR count). The quantitative estimate of drug-likeness (QED) is 0.472. The van der Waals surface area contributed by atoms with E-state index in [9.17, 15) is 14.4 Å². The van der Waals surface area contributed by atoms with Crippen LogP contribution in [0, 0.1) is 11.8 Å². The largest absolute Gasteiger partial charge is 0.445 e. The molecule has 3 atom stereocenters. The predicted octanol–water partition coefficient (Wildman–Crippen LogP) is 2.91. The second kappa shape index (κ2) is 13.2. The van der Waals surface area contributed by atoms with Crippen LogP contribution in [0.2, 0.25) is 0 Å². The SMILES string of the molecule is COC[C@H](C[C@@H]1CCNC1=O)NC(=O)[C@H](CC1CCCCC1)NC(=O)OCc1ccccc1. The van der Waals surface area contributed by atoms with E-state index >= 15 is 0 Å². The Morgan fingerprint density at radius 2 is 1.82 bits per heavy atom. The molecule has 0 aromatic heterocycles. The van der Waals surface area contributed by atoms with Crippen molar-refractivity contribution < 1.29 is 23.9 Å². The number of benzene rings is 1. The third-order valence-corrected chi connectivity index (χ3v) is 6.56. The Morgan fingerprint density at radius 1 is 1.06 bits per heavy atom. The van der Waals surface area contributed by atoms with Crippen LogP contribution in [0.3, 0.4) is 0 Å². The summed E-state index contributed by atoms with van der Waals surface area (Å²) in [6.45, 7) is 1.12. The van der Waals surface area contributed by atoms with Gasteiger partial charge < -0.3 is 25.4 Å². The first kappa shape index (κ1) is 25.0. The van der Waals surface area contributed by atoms with E-state index in [1.54, 1.807) is 7.11 Å². The average molecular weight is 460 g/mol. The van der Waals surface area contributed by atoms with Crippen LogP contribution < -0.4 is 16.0 Å². The van der Waals surface area contributed by atoms with Gasteiger partial charge in [-0.15, -0.1) is 0 Å². The first-order valence-electron chi connectivity index (χ1n) is 12.1. The van der Waals surface area contributed by atoms with Crippen molar-refractivity contribution in [2.45, 2.75) is 70.1 Å². The van der Waals surface area contributed by atoms with Crippen LogP contribution in [0.25, 0.3) is 0 Å². The number of carbonyl (C=O) groups excluding carboxylic acids is 3. The number of methoxy groups -OCH3 is 1. The summed E-state index contributed by atoms with van der Waals surface area (Å²) in [5.41, 5.74) is 0.885. The highest BCUT2D eigenvalue weighted by Gasteiger charge is 2.31. The fourth-order valence-electron chi connectivity index (χ4n) is 4.78. The summed E-state index contributed by atoms with van der Waals surface area (Å²) in [7, 11) is 1.58. The molecule has 1 aromatic rings. The van der Waals surface area contributed by atoms with Gasteiger partial charge in [-0.2, -0.15) is 0 Å². The van der Waals surface area contributed by atoms with Crippen molar-refractivity contribution in [2.24, 2.45) is 11.8 Å². The molecule has 3 amide bonds. The third kappa shape index (κ3) is 8.35. The van der Waals surface area contributed by atoms with E-state index < -0.39 is 12.1 Å². The maximum Gasteiger partial charge on any atom is 0.408 e. The highest BCUT2D eigenvalue weighted by Crippen LogP contribution is 2.27. The Labute approximate surface area is 196 Å². The molecule has 1 aliphatic heterocycles. The second-order valence-electron chi connectivity index (χ2n) is 9.17. The summed E-state index contributed by atoms with van der Waals surface area (Å²) in [6.07, 6.45) is 6.90. The van der Waals surface area contributed by atoms with Crippen molar-refractivity contribution in [3.8, 4) is 0 Å². The van der Waals surface area contributed by atoms with Gasteiger partial charge in [0.25, 0.3) is 0 Å². The molecule has 1 heterocycles. The number of carbonyl (C=O) groups is 3. The van der Waals surface area contributed by atoms with Gasteiger partial charge in [-0.1, -0.05) is 62.4 Å². The minimum absolute atomic E-state index is 0.0201. The van der Waals surface area contributed by atoms with Crippen molar-refractivity contribution in [1.29, 1.82) is 0 Å².